The number of aryl methyl sites for hydroxylation is 1. The molecule has 3 nitrogen and oxygen atoms in total. The van der Waals surface area contributed by atoms with Gasteiger partial charge in [0.2, 0.25) is 0 Å². The van der Waals surface area contributed by atoms with E-state index in [1.807, 2.05) is 55.5 Å². The van der Waals surface area contributed by atoms with Crippen molar-refractivity contribution in [2.24, 2.45) is 0 Å². The van der Waals surface area contributed by atoms with Gasteiger partial charge in [-0.3, -0.25) is 0 Å². The van der Waals surface area contributed by atoms with Crippen molar-refractivity contribution in [3.05, 3.63) is 78.1 Å². The maximum absolute atomic E-state index is 5.66. The summed E-state index contributed by atoms with van der Waals surface area (Å²) in [5.41, 5.74) is 9.75. The minimum absolute atomic E-state index is 0.739. The Kier molecular flexibility index (Phi) is 4.03. The molecule has 0 fully saturated rings. The molecule has 106 valence electrons. The number of anilines is 1. The highest BCUT2D eigenvalue weighted by atomic mass is 16.3. The van der Waals surface area contributed by atoms with E-state index in [9.17, 15) is 0 Å². The lowest BCUT2D eigenvalue weighted by Crippen LogP contribution is -2.20. The molecule has 0 amide bonds. The normalized spacial score (nSPS) is 10.5. The number of hydrazine groups is 1. The van der Waals surface area contributed by atoms with Crippen molar-refractivity contribution in [2.45, 2.75) is 13.5 Å². The molecule has 2 aromatic carbocycles. The van der Waals surface area contributed by atoms with Crippen LogP contribution in [0.25, 0.3) is 11.3 Å². The summed E-state index contributed by atoms with van der Waals surface area (Å²) in [6.07, 6.45) is 0. The molecule has 0 bridgehead atoms. The van der Waals surface area contributed by atoms with Crippen molar-refractivity contribution >= 4 is 5.69 Å². The van der Waals surface area contributed by atoms with Crippen molar-refractivity contribution in [1.29, 1.82) is 0 Å². The Morgan fingerprint density at radius 1 is 0.905 bits per heavy atom. The van der Waals surface area contributed by atoms with Crippen LogP contribution in [-0.2, 0) is 6.54 Å². The average Bonchev–Trinajstić information content (AvgIpc) is 2.95. The molecular weight excluding hydrogens is 260 g/mol. The fraction of sp³-hybridized carbons (Fsp3) is 0.111. The first kappa shape index (κ1) is 13.5. The van der Waals surface area contributed by atoms with Gasteiger partial charge in [-0.15, -0.1) is 0 Å². The van der Waals surface area contributed by atoms with Gasteiger partial charge in [0, 0.05) is 17.8 Å². The zero-order valence-corrected chi connectivity index (χ0v) is 12.0. The van der Waals surface area contributed by atoms with E-state index >= 15 is 0 Å². The number of benzene rings is 2. The Hall–Kier alpha value is -2.52. The SMILES string of the molecule is Cc1ccc(-c2cccc(CNNc3ccccc3)c2)o1. The van der Waals surface area contributed by atoms with E-state index in [0.717, 1.165) is 29.3 Å². The second-order valence-electron chi connectivity index (χ2n) is 4.96. The van der Waals surface area contributed by atoms with Gasteiger partial charge in [0.1, 0.15) is 11.5 Å². The largest absolute Gasteiger partial charge is 0.461 e. The number of rotatable bonds is 5. The Bertz CT molecular complexity index is 704. The molecule has 0 unspecified atom stereocenters. The number of furan rings is 1. The number of para-hydroxylation sites is 1. The molecule has 0 radical (unpaired) electrons. The van der Waals surface area contributed by atoms with Crippen LogP contribution in [0, 0.1) is 6.92 Å². The summed E-state index contributed by atoms with van der Waals surface area (Å²) < 4.78 is 5.66. The second kappa shape index (κ2) is 6.29. The first-order chi connectivity index (χ1) is 10.3. The molecular formula is C18H18N2O. The molecule has 3 heteroatoms. The summed E-state index contributed by atoms with van der Waals surface area (Å²) in [7, 11) is 0. The maximum atomic E-state index is 5.66. The van der Waals surface area contributed by atoms with Crippen molar-refractivity contribution in [2.75, 3.05) is 5.43 Å². The van der Waals surface area contributed by atoms with Crippen LogP contribution < -0.4 is 10.9 Å². The van der Waals surface area contributed by atoms with Crippen LogP contribution in [0.15, 0.2) is 71.1 Å². The third-order valence-electron chi connectivity index (χ3n) is 3.25. The summed E-state index contributed by atoms with van der Waals surface area (Å²) >= 11 is 0. The van der Waals surface area contributed by atoms with Gasteiger partial charge >= 0.3 is 0 Å². The average molecular weight is 278 g/mol. The Labute approximate surface area is 124 Å². The van der Waals surface area contributed by atoms with E-state index in [2.05, 4.69) is 29.1 Å². The molecule has 0 aliphatic rings. The molecule has 3 rings (SSSR count). The van der Waals surface area contributed by atoms with Crippen LogP contribution in [0.3, 0.4) is 0 Å². The van der Waals surface area contributed by atoms with Gasteiger partial charge in [-0.2, -0.15) is 0 Å². The van der Waals surface area contributed by atoms with Crippen molar-refractivity contribution in [3.63, 3.8) is 0 Å². The molecule has 0 spiro atoms. The van der Waals surface area contributed by atoms with E-state index in [4.69, 9.17) is 4.42 Å². The van der Waals surface area contributed by atoms with E-state index < -0.39 is 0 Å². The molecule has 0 saturated heterocycles. The fourth-order valence-electron chi connectivity index (χ4n) is 2.19. The lowest BCUT2D eigenvalue weighted by atomic mass is 10.1. The standard InChI is InChI=1S/C18H18N2O/c1-14-10-11-18(21-14)16-7-5-6-15(12-16)13-19-20-17-8-3-2-4-9-17/h2-12,19-20H,13H2,1H3. The van der Waals surface area contributed by atoms with Crippen LogP contribution in [0.2, 0.25) is 0 Å². The third-order valence-corrected chi connectivity index (χ3v) is 3.25. The minimum Gasteiger partial charge on any atom is -0.461 e. The zero-order chi connectivity index (χ0) is 14.5. The van der Waals surface area contributed by atoms with Crippen LogP contribution in [0.4, 0.5) is 5.69 Å². The van der Waals surface area contributed by atoms with Gasteiger partial charge in [0.15, 0.2) is 0 Å². The van der Waals surface area contributed by atoms with E-state index in [1.54, 1.807) is 0 Å². The summed E-state index contributed by atoms with van der Waals surface area (Å²) in [4.78, 5) is 0. The molecule has 0 saturated carbocycles. The predicted octanol–water partition coefficient (Wildman–Crippen LogP) is 4.37. The van der Waals surface area contributed by atoms with Gasteiger partial charge in [0.25, 0.3) is 0 Å². The van der Waals surface area contributed by atoms with Crippen molar-refractivity contribution in [1.82, 2.24) is 5.43 Å². The summed E-state index contributed by atoms with van der Waals surface area (Å²) in [6, 6.07) is 22.4. The highest BCUT2D eigenvalue weighted by Crippen LogP contribution is 2.22. The first-order valence-corrected chi connectivity index (χ1v) is 7.01. The third kappa shape index (κ3) is 3.52. The Morgan fingerprint density at radius 3 is 2.52 bits per heavy atom. The second-order valence-corrected chi connectivity index (χ2v) is 4.96. The smallest absolute Gasteiger partial charge is 0.134 e. The molecule has 3 aromatic rings. The molecule has 0 aliphatic carbocycles. The Morgan fingerprint density at radius 2 is 1.76 bits per heavy atom. The summed E-state index contributed by atoms with van der Waals surface area (Å²) in [5.74, 6) is 1.84. The quantitative estimate of drug-likeness (QED) is 0.680. The van der Waals surface area contributed by atoms with Crippen LogP contribution >= 0.6 is 0 Å². The fourth-order valence-corrected chi connectivity index (χ4v) is 2.19. The molecule has 1 heterocycles. The lowest BCUT2D eigenvalue weighted by molar-refractivity contribution is 0.548. The van der Waals surface area contributed by atoms with Gasteiger partial charge in [-0.05, 0) is 42.8 Å². The predicted molar refractivity (Wildman–Crippen MR) is 85.8 cm³/mol. The van der Waals surface area contributed by atoms with Crippen LogP contribution in [-0.4, -0.2) is 0 Å². The Balaban J connectivity index is 1.64. The summed E-state index contributed by atoms with van der Waals surface area (Å²) in [5, 5.41) is 0. The molecule has 2 N–H and O–H groups in total. The molecule has 0 atom stereocenters. The first-order valence-electron chi connectivity index (χ1n) is 7.01. The monoisotopic (exact) mass is 278 g/mol. The number of hydrogen-bond acceptors (Lipinski definition) is 3. The van der Waals surface area contributed by atoms with Gasteiger partial charge in [0.05, 0.1) is 0 Å². The van der Waals surface area contributed by atoms with Gasteiger partial charge < -0.3 is 9.84 Å². The van der Waals surface area contributed by atoms with Crippen molar-refractivity contribution in [3.8, 4) is 11.3 Å². The van der Waals surface area contributed by atoms with Gasteiger partial charge in [-0.1, -0.05) is 36.4 Å². The van der Waals surface area contributed by atoms with E-state index in [1.165, 1.54) is 5.56 Å². The topological polar surface area (TPSA) is 37.2 Å². The summed E-state index contributed by atoms with van der Waals surface area (Å²) in [6.45, 7) is 2.70. The van der Waals surface area contributed by atoms with Crippen LogP contribution in [0.1, 0.15) is 11.3 Å². The zero-order valence-electron chi connectivity index (χ0n) is 12.0. The molecule has 1 aromatic heterocycles. The highest BCUT2D eigenvalue weighted by Gasteiger charge is 2.03. The molecule has 21 heavy (non-hydrogen) atoms. The van der Waals surface area contributed by atoms with E-state index in [-0.39, 0.29) is 0 Å². The van der Waals surface area contributed by atoms with E-state index in [0.29, 0.717) is 0 Å². The number of hydrogen-bond donors (Lipinski definition) is 2. The van der Waals surface area contributed by atoms with Gasteiger partial charge in [-0.25, -0.2) is 5.43 Å². The van der Waals surface area contributed by atoms with Crippen LogP contribution in [0.5, 0.6) is 0 Å². The lowest BCUT2D eigenvalue weighted by Gasteiger charge is -2.09. The number of nitrogens with one attached hydrogen (secondary N) is 2. The minimum atomic E-state index is 0.739. The highest BCUT2D eigenvalue weighted by molar-refractivity contribution is 5.58. The molecule has 0 aliphatic heterocycles. The van der Waals surface area contributed by atoms with Crippen molar-refractivity contribution < 1.29 is 4.42 Å². The maximum Gasteiger partial charge on any atom is 0.134 e.